The fraction of sp³-hybridized carbons (Fsp3) is 0.300. The van der Waals surface area contributed by atoms with E-state index in [1.165, 1.54) is 12.1 Å². The van der Waals surface area contributed by atoms with Crippen LogP contribution in [-0.4, -0.2) is 19.6 Å². The molecule has 1 rings (SSSR count). The van der Waals surface area contributed by atoms with Gasteiger partial charge < -0.3 is 4.74 Å². The molecule has 0 atom stereocenters. The van der Waals surface area contributed by atoms with E-state index in [4.69, 9.17) is 4.74 Å². The van der Waals surface area contributed by atoms with Gasteiger partial charge in [-0.3, -0.25) is 10.2 Å². The van der Waals surface area contributed by atoms with Gasteiger partial charge in [0.05, 0.1) is 6.61 Å². The first-order valence-corrected chi connectivity index (χ1v) is 4.50. The zero-order valence-corrected chi connectivity index (χ0v) is 8.42. The van der Waals surface area contributed by atoms with Crippen molar-refractivity contribution in [3.63, 3.8) is 0 Å². The average molecular weight is 212 g/mol. The molecule has 0 fully saturated rings. The van der Waals surface area contributed by atoms with Crippen LogP contribution in [0, 0.1) is 5.82 Å². The maximum atomic E-state index is 12.5. The molecule has 1 aromatic rings. The summed E-state index contributed by atoms with van der Waals surface area (Å²) >= 11 is 0. The third-order valence-electron chi connectivity index (χ3n) is 1.68. The number of ether oxygens (including phenoxy) is 1. The Labute approximate surface area is 87.4 Å². The lowest BCUT2D eigenvalue weighted by Crippen LogP contribution is -2.36. The summed E-state index contributed by atoms with van der Waals surface area (Å²) in [7, 11) is 1.60. The van der Waals surface area contributed by atoms with Crippen LogP contribution in [0.2, 0.25) is 0 Å². The Balaban J connectivity index is 2.26. The second-order valence-corrected chi connectivity index (χ2v) is 2.92. The molecule has 15 heavy (non-hydrogen) atoms. The highest BCUT2D eigenvalue weighted by molar-refractivity contribution is 5.76. The number of hydrazine groups is 1. The van der Waals surface area contributed by atoms with Gasteiger partial charge in [0.25, 0.3) is 5.91 Å². The molecular formula is C10H13FN2O2. The second kappa shape index (κ2) is 6.10. The quantitative estimate of drug-likeness (QED) is 0.702. The standard InChI is InChI=1S/C10H13FN2O2/c1-12-13-10(14)7-15-6-8-2-4-9(11)5-3-8/h2-5,12H,6-7H2,1H3,(H,13,14). The lowest BCUT2D eigenvalue weighted by Gasteiger charge is -2.04. The van der Waals surface area contributed by atoms with Gasteiger partial charge in [0.1, 0.15) is 12.4 Å². The Morgan fingerprint density at radius 3 is 2.67 bits per heavy atom. The van der Waals surface area contributed by atoms with Crippen LogP contribution in [0.5, 0.6) is 0 Å². The first-order chi connectivity index (χ1) is 7.22. The molecule has 0 aliphatic rings. The van der Waals surface area contributed by atoms with E-state index in [0.717, 1.165) is 5.56 Å². The molecule has 0 heterocycles. The van der Waals surface area contributed by atoms with Crippen LogP contribution >= 0.6 is 0 Å². The SMILES string of the molecule is CNNC(=O)COCc1ccc(F)cc1. The van der Waals surface area contributed by atoms with Crippen molar-refractivity contribution in [2.45, 2.75) is 6.61 Å². The molecular weight excluding hydrogens is 199 g/mol. The van der Waals surface area contributed by atoms with E-state index in [2.05, 4.69) is 10.9 Å². The van der Waals surface area contributed by atoms with Crippen LogP contribution in [0.15, 0.2) is 24.3 Å². The minimum atomic E-state index is -0.285. The van der Waals surface area contributed by atoms with Crippen molar-refractivity contribution >= 4 is 5.91 Å². The van der Waals surface area contributed by atoms with Gasteiger partial charge in [-0.2, -0.15) is 0 Å². The molecule has 0 spiro atoms. The van der Waals surface area contributed by atoms with Crippen LogP contribution in [0.25, 0.3) is 0 Å². The molecule has 0 saturated carbocycles. The number of hydrogen-bond acceptors (Lipinski definition) is 3. The van der Waals surface area contributed by atoms with Gasteiger partial charge in [0.2, 0.25) is 0 Å². The predicted molar refractivity (Wildman–Crippen MR) is 53.3 cm³/mol. The molecule has 1 amide bonds. The zero-order chi connectivity index (χ0) is 11.1. The lowest BCUT2D eigenvalue weighted by molar-refractivity contribution is -0.126. The van der Waals surface area contributed by atoms with Crippen molar-refractivity contribution in [3.05, 3.63) is 35.6 Å². The highest BCUT2D eigenvalue weighted by atomic mass is 19.1. The van der Waals surface area contributed by atoms with Crippen LogP contribution in [-0.2, 0) is 16.1 Å². The van der Waals surface area contributed by atoms with Gasteiger partial charge in [-0.05, 0) is 17.7 Å². The van der Waals surface area contributed by atoms with E-state index < -0.39 is 0 Å². The normalized spacial score (nSPS) is 10.0. The number of hydrogen-bond donors (Lipinski definition) is 2. The van der Waals surface area contributed by atoms with E-state index in [1.54, 1.807) is 19.2 Å². The fourth-order valence-corrected chi connectivity index (χ4v) is 1.02. The van der Waals surface area contributed by atoms with Crippen LogP contribution < -0.4 is 10.9 Å². The van der Waals surface area contributed by atoms with Gasteiger partial charge in [0.15, 0.2) is 0 Å². The molecule has 0 aromatic heterocycles. The molecule has 0 aliphatic heterocycles. The molecule has 1 aromatic carbocycles. The third-order valence-corrected chi connectivity index (χ3v) is 1.68. The minimum Gasteiger partial charge on any atom is -0.367 e. The number of carbonyl (C=O) groups is 1. The molecule has 0 radical (unpaired) electrons. The zero-order valence-electron chi connectivity index (χ0n) is 8.42. The lowest BCUT2D eigenvalue weighted by atomic mass is 10.2. The molecule has 0 aliphatic carbocycles. The van der Waals surface area contributed by atoms with Crippen molar-refractivity contribution in [1.29, 1.82) is 0 Å². The predicted octanol–water partition coefficient (Wildman–Crippen LogP) is 0.593. The number of halogens is 1. The van der Waals surface area contributed by atoms with E-state index in [0.29, 0.717) is 0 Å². The number of amides is 1. The molecule has 5 heteroatoms. The van der Waals surface area contributed by atoms with E-state index >= 15 is 0 Å². The van der Waals surface area contributed by atoms with E-state index in [-0.39, 0.29) is 24.9 Å². The number of rotatable bonds is 5. The van der Waals surface area contributed by atoms with Crippen molar-refractivity contribution in [2.75, 3.05) is 13.7 Å². The maximum Gasteiger partial charge on any atom is 0.260 e. The summed E-state index contributed by atoms with van der Waals surface area (Å²) in [4.78, 5) is 10.9. The van der Waals surface area contributed by atoms with E-state index in [9.17, 15) is 9.18 Å². The maximum absolute atomic E-state index is 12.5. The summed E-state index contributed by atoms with van der Waals surface area (Å²) in [6.07, 6.45) is 0. The molecule has 0 bridgehead atoms. The van der Waals surface area contributed by atoms with Crippen LogP contribution in [0.3, 0.4) is 0 Å². The van der Waals surface area contributed by atoms with Crippen LogP contribution in [0.1, 0.15) is 5.56 Å². The Morgan fingerprint density at radius 1 is 1.40 bits per heavy atom. The Hall–Kier alpha value is -1.46. The van der Waals surface area contributed by atoms with Gasteiger partial charge in [-0.1, -0.05) is 12.1 Å². The number of nitrogens with one attached hydrogen (secondary N) is 2. The van der Waals surface area contributed by atoms with E-state index in [1.807, 2.05) is 0 Å². The van der Waals surface area contributed by atoms with Crippen LogP contribution in [0.4, 0.5) is 4.39 Å². The summed E-state index contributed by atoms with van der Waals surface area (Å²) in [5, 5.41) is 0. The van der Waals surface area contributed by atoms with Crippen molar-refractivity contribution in [3.8, 4) is 0 Å². The highest BCUT2D eigenvalue weighted by Crippen LogP contribution is 2.03. The minimum absolute atomic E-state index is 0.0295. The van der Waals surface area contributed by atoms with Crippen molar-refractivity contribution < 1.29 is 13.9 Å². The molecule has 0 saturated heterocycles. The molecule has 0 unspecified atom stereocenters. The van der Waals surface area contributed by atoms with Crippen molar-refractivity contribution in [2.24, 2.45) is 0 Å². The summed E-state index contributed by atoms with van der Waals surface area (Å²) in [6, 6.07) is 5.94. The highest BCUT2D eigenvalue weighted by Gasteiger charge is 1.99. The third kappa shape index (κ3) is 4.53. The number of benzene rings is 1. The van der Waals surface area contributed by atoms with Crippen molar-refractivity contribution in [1.82, 2.24) is 10.9 Å². The first-order valence-electron chi connectivity index (χ1n) is 4.50. The Morgan fingerprint density at radius 2 is 2.07 bits per heavy atom. The molecule has 4 nitrogen and oxygen atoms in total. The van der Waals surface area contributed by atoms with Gasteiger partial charge in [-0.15, -0.1) is 0 Å². The summed E-state index contributed by atoms with van der Waals surface area (Å²) in [5.41, 5.74) is 5.69. The average Bonchev–Trinajstić information content (AvgIpc) is 2.21. The molecule has 82 valence electrons. The van der Waals surface area contributed by atoms with Gasteiger partial charge in [-0.25, -0.2) is 9.82 Å². The monoisotopic (exact) mass is 212 g/mol. The fourth-order valence-electron chi connectivity index (χ4n) is 1.02. The topological polar surface area (TPSA) is 50.4 Å². The van der Waals surface area contributed by atoms with Gasteiger partial charge in [0, 0.05) is 7.05 Å². The number of carbonyl (C=O) groups excluding carboxylic acids is 1. The largest absolute Gasteiger partial charge is 0.367 e. The summed E-state index contributed by atoms with van der Waals surface area (Å²) < 4.78 is 17.6. The Bertz CT molecular complexity index is 314. The molecule has 2 N–H and O–H groups in total. The summed E-state index contributed by atoms with van der Waals surface area (Å²) in [6.45, 7) is 0.260. The smallest absolute Gasteiger partial charge is 0.260 e. The first kappa shape index (κ1) is 11.6. The Kier molecular flexibility index (Phi) is 4.73. The second-order valence-electron chi connectivity index (χ2n) is 2.92. The summed E-state index contributed by atoms with van der Waals surface area (Å²) in [5.74, 6) is -0.536. The van der Waals surface area contributed by atoms with Gasteiger partial charge >= 0.3 is 0 Å².